The first kappa shape index (κ1) is 17.6. The Morgan fingerprint density at radius 2 is 1.42 bits per heavy atom. The van der Waals surface area contributed by atoms with Crippen LogP contribution in [0.1, 0.15) is 5.56 Å². The van der Waals surface area contributed by atoms with E-state index < -0.39 is 23.8 Å². The molecule has 1 fully saturated rings. The molecule has 0 aliphatic carbocycles. The maximum absolute atomic E-state index is 12.3. The number of rotatable bonds is 5. The van der Waals surface area contributed by atoms with Crippen LogP contribution in [0, 0.1) is 5.92 Å². The minimum atomic E-state index is -0.996. The van der Waals surface area contributed by atoms with Gasteiger partial charge >= 0.3 is 6.03 Å². The van der Waals surface area contributed by atoms with Gasteiger partial charge in [-0.05, 0) is 18.1 Å². The van der Waals surface area contributed by atoms with E-state index in [-0.39, 0.29) is 6.42 Å². The number of ether oxygens (including phenoxy) is 3. The minimum Gasteiger partial charge on any atom is -0.493 e. The Kier molecular flexibility index (Phi) is 4.96. The highest BCUT2D eigenvalue weighted by Crippen LogP contribution is 2.41. The van der Waals surface area contributed by atoms with Gasteiger partial charge in [-0.1, -0.05) is 6.07 Å². The molecule has 0 N–H and O–H groups in total. The van der Waals surface area contributed by atoms with Gasteiger partial charge in [-0.25, -0.2) is 4.79 Å². The topological polar surface area (TPSA) is 85.4 Å². The summed E-state index contributed by atoms with van der Waals surface area (Å²) >= 11 is 0. The number of urea groups is 1. The second kappa shape index (κ2) is 6.77. The summed E-state index contributed by atoms with van der Waals surface area (Å²) in [6.07, 6.45) is 0.0865. The van der Waals surface area contributed by atoms with Crippen LogP contribution in [0.25, 0.3) is 0 Å². The van der Waals surface area contributed by atoms with Gasteiger partial charge in [0.05, 0.1) is 21.3 Å². The maximum Gasteiger partial charge on any atom is 0.332 e. The van der Waals surface area contributed by atoms with Gasteiger partial charge < -0.3 is 14.2 Å². The number of carbonyl (C=O) groups is 3. The van der Waals surface area contributed by atoms with Gasteiger partial charge in [-0.2, -0.15) is 0 Å². The molecule has 8 heteroatoms. The molecule has 0 saturated carbocycles. The van der Waals surface area contributed by atoms with Crippen molar-refractivity contribution >= 4 is 17.8 Å². The second-order valence-corrected chi connectivity index (χ2v) is 5.33. The minimum absolute atomic E-state index is 0.0865. The number of amides is 4. The molecule has 2 rings (SSSR count). The Morgan fingerprint density at radius 3 is 1.88 bits per heavy atom. The molecule has 0 spiro atoms. The molecular formula is C16H20N2O6. The maximum atomic E-state index is 12.3. The van der Waals surface area contributed by atoms with Gasteiger partial charge in [0.2, 0.25) is 17.6 Å². The third kappa shape index (κ3) is 2.75. The fourth-order valence-corrected chi connectivity index (χ4v) is 2.71. The van der Waals surface area contributed by atoms with Crippen LogP contribution in [0.5, 0.6) is 17.2 Å². The molecule has 1 aromatic rings. The van der Waals surface area contributed by atoms with Crippen molar-refractivity contribution in [3.05, 3.63) is 17.7 Å². The van der Waals surface area contributed by atoms with E-state index in [4.69, 9.17) is 14.2 Å². The highest BCUT2D eigenvalue weighted by atomic mass is 16.5. The Balaban J connectivity index is 2.42. The van der Waals surface area contributed by atoms with Crippen molar-refractivity contribution in [3.8, 4) is 17.2 Å². The number of hydrogen-bond acceptors (Lipinski definition) is 6. The van der Waals surface area contributed by atoms with Crippen LogP contribution in [0.4, 0.5) is 4.79 Å². The summed E-state index contributed by atoms with van der Waals surface area (Å²) in [5.74, 6) is -0.834. The van der Waals surface area contributed by atoms with Gasteiger partial charge in [-0.3, -0.25) is 19.4 Å². The zero-order chi connectivity index (χ0) is 18.0. The molecule has 130 valence electrons. The lowest BCUT2D eigenvalue weighted by molar-refractivity contribution is -0.147. The van der Waals surface area contributed by atoms with E-state index in [1.165, 1.54) is 35.4 Å². The molecule has 1 aliphatic rings. The average Bonchev–Trinajstić information content (AvgIpc) is 2.60. The van der Waals surface area contributed by atoms with Crippen LogP contribution in [0.3, 0.4) is 0 Å². The first-order chi connectivity index (χ1) is 11.4. The van der Waals surface area contributed by atoms with Gasteiger partial charge in [0.1, 0.15) is 5.92 Å². The molecule has 8 nitrogen and oxygen atoms in total. The lowest BCUT2D eigenvalue weighted by atomic mass is 9.94. The summed E-state index contributed by atoms with van der Waals surface area (Å²) in [5, 5.41) is 0. The molecule has 0 radical (unpaired) electrons. The molecule has 24 heavy (non-hydrogen) atoms. The Bertz CT molecular complexity index is 663. The smallest absolute Gasteiger partial charge is 0.332 e. The first-order valence-corrected chi connectivity index (χ1v) is 7.24. The number of methoxy groups -OCH3 is 3. The molecule has 0 unspecified atom stereocenters. The van der Waals surface area contributed by atoms with Gasteiger partial charge in [0.25, 0.3) is 0 Å². The van der Waals surface area contributed by atoms with Gasteiger partial charge in [0, 0.05) is 14.1 Å². The van der Waals surface area contributed by atoms with Crippen molar-refractivity contribution in [1.29, 1.82) is 0 Å². The molecule has 0 aromatic heterocycles. The van der Waals surface area contributed by atoms with Crippen molar-refractivity contribution in [2.45, 2.75) is 6.42 Å². The van der Waals surface area contributed by atoms with E-state index in [2.05, 4.69) is 0 Å². The fraction of sp³-hybridized carbons (Fsp3) is 0.438. The zero-order valence-electron chi connectivity index (χ0n) is 14.3. The SMILES string of the molecule is COc1ccc(CC2C(=O)N(C)C(=O)N(C)C2=O)c(OC)c1OC. The summed E-state index contributed by atoms with van der Waals surface area (Å²) in [7, 11) is 7.15. The number of hydrogen-bond donors (Lipinski definition) is 0. The standard InChI is InChI=1S/C16H20N2O6/c1-17-14(19)10(15(20)18(2)16(17)21)8-9-6-7-11(22-3)13(24-5)12(9)23-4/h6-7,10H,8H2,1-5H3. The largest absolute Gasteiger partial charge is 0.493 e. The fourth-order valence-electron chi connectivity index (χ4n) is 2.71. The quantitative estimate of drug-likeness (QED) is 0.744. The Hall–Kier alpha value is -2.77. The number of carbonyl (C=O) groups excluding carboxylic acids is 3. The summed E-state index contributed by atoms with van der Waals surface area (Å²) in [5.41, 5.74) is 0.609. The van der Waals surface area contributed by atoms with Crippen LogP contribution in [0.2, 0.25) is 0 Å². The van der Waals surface area contributed by atoms with Gasteiger partial charge in [0.15, 0.2) is 11.5 Å². The Labute approximate surface area is 139 Å². The van der Waals surface area contributed by atoms with Crippen LogP contribution in [0.15, 0.2) is 12.1 Å². The molecule has 1 aromatic carbocycles. The van der Waals surface area contributed by atoms with Crippen LogP contribution in [-0.4, -0.2) is 63.1 Å². The van der Waals surface area contributed by atoms with E-state index in [0.29, 0.717) is 22.8 Å². The van der Waals surface area contributed by atoms with Crippen molar-refractivity contribution < 1.29 is 28.6 Å². The highest BCUT2D eigenvalue weighted by molar-refractivity contribution is 6.15. The highest BCUT2D eigenvalue weighted by Gasteiger charge is 2.42. The Morgan fingerprint density at radius 1 is 0.875 bits per heavy atom. The second-order valence-electron chi connectivity index (χ2n) is 5.33. The zero-order valence-corrected chi connectivity index (χ0v) is 14.3. The number of imide groups is 2. The monoisotopic (exact) mass is 336 g/mol. The van der Waals surface area contributed by atoms with Crippen molar-refractivity contribution in [2.75, 3.05) is 35.4 Å². The van der Waals surface area contributed by atoms with Gasteiger partial charge in [-0.15, -0.1) is 0 Å². The summed E-state index contributed by atoms with van der Waals surface area (Å²) < 4.78 is 15.9. The predicted octanol–water partition coefficient (Wildman–Crippen LogP) is 0.921. The molecule has 0 bridgehead atoms. The average molecular weight is 336 g/mol. The van der Waals surface area contributed by atoms with E-state index >= 15 is 0 Å². The first-order valence-electron chi connectivity index (χ1n) is 7.24. The number of barbiturate groups is 1. The number of benzene rings is 1. The van der Waals surface area contributed by atoms with E-state index in [1.54, 1.807) is 12.1 Å². The molecule has 1 saturated heterocycles. The summed E-state index contributed by atoms with van der Waals surface area (Å²) in [6, 6.07) is 2.74. The molecule has 1 heterocycles. The van der Waals surface area contributed by atoms with Crippen molar-refractivity contribution in [3.63, 3.8) is 0 Å². The summed E-state index contributed by atoms with van der Waals surface area (Å²) in [6.45, 7) is 0. The molecular weight excluding hydrogens is 316 g/mol. The van der Waals surface area contributed by atoms with Crippen LogP contribution in [-0.2, 0) is 16.0 Å². The molecule has 1 aliphatic heterocycles. The third-order valence-corrected chi connectivity index (χ3v) is 4.04. The molecule has 0 atom stereocenters. The van der Waals surface area contributed by atoms with Crippen LogP contribution < -0.4 is 14.2 Å². The number of nitrogens with zero attached hydrogens (tertiary/aromatic N) is 2. The third-order valence-electron chi connectivity index (χ3n) is 4.04. The van der Waals surface area contributed by atoms with E-state index in [0.717, 1.165) is 9.80 Å². The van der Waals surface area contributed by atoms with Crippen LogP contribution >= 0.6 is 0 Å². The van der Waals surface area contributed by atoms with E-state index in [9.17, 15) is 14.4 Å². The molecule has 4 amide bonds. The summed E-state index contributed by atoms with van der Waals surface area (Å²) in [4.78, 5) is 38.4. The normalized spacial score (nSPS) is 15.8. The van der Waals surface area contributed by atoms with E-state index in [1.807, 2.05) is 0 Å². The van der Waals surface area contributed by atoms with Crippen molar-refractivity contribution in [1.82, 2.24) is 9.80 Å². The predicted molar refractivity (Wildman–Crippen MR) is 84.2 cm³/mol. The lowest BCUT2D eigenvalue weighted by Crippen LogP contribution is -2.57. The lowest BCUT2D eigenvalue weighted by Gasteiger charge is -2.33. The van der Waals surface area contributed by atoms with Crippen molar-refractivity contribution in [2.24, 2.45) is 5.92 Å².